The predicted molar refractivity (Wildman–Crippen MR) is 66.1 cm³/mol. The molecule has 1 fully saturated rings. The molecule has 0 saturated carbocycles. The quantitative estimate of drug-likeness (QED) is 0.740. The number of rotatable bonds is 3. The molecule has 1 aliphatic heterocycles. The number of hydrogen-bond acceptors (Lipinski definition) is 2. The summed E-state index contributed by atoms with van der Waals surface area (Å²) in [5.74, 6) is 2.88. The summed E-state index contributed by atoms with van der Waals surface area (Å²) in [4.78, 5) is 13.8. The molecule has 1 saturated heterocycles. The van der Waals surface area contributed by atoms with Crippen LogP contribution in [0, 0.1) is 5.92 Å². The number of nitrogens with zero attached hydrogens (tertiary/aromatic N) is 1. The van der Waals surface area contributed by atoms with E-state index in [0.29, 0.717) is 12.0 Å². The van der Waals surface area contributed by atoms with E-state index < -0.39 is 0 Å². The molecule has 0 aromatic heterocycles. The van der Waals surface area contributed by atoms with E-state index in [1.54, 1.807) is 0 Å². The lowest BCUT2D eigenvalue weighted by Gasteiger charge is -2.27. The van der Waals surface area contributed by atoms with Crippen LogP contribution in [0.5, 0.6) is 0 Å². The highest BCUT2D eigenvalue weighted by Gasteiger charge is 2.28. The number of carbonyl (C=O) groups excluding carboxylic acids is 1. The first-order valence-electron chi connectivity index (χ1n) is 5.02. The first kappa shape index (κ1) is 12.4. The highest BCUT2D eigenvalue weighted by molar-refractivity contribution is 9.10. The molecule has 0 spiro atoms. The molecular formula is C10H18BrNOS. The van der Waals surface area contributed by atoms with Crippen LogP contribution in [0.2, 0.25) is 0 Å². The summed E-state index contributed by atoms with van der Waals surface area (Å²) in [6.45, 7) is 4.13. The van der Waals surface area contributed by atoms with Crippen LogP contribution in [0.15, 0.2) is 0 Å². The maximum atomic E-state index is 11.9. The van der Waals surface area contributed by atoms with Gasteiger partial charge in [0.1, 0.15) is 0 Å². The predicted octanol–water partition coefficient (Wildman–Crippen LogP) is 2.37. The molecule has 4 heteroatoms. The van der Waals surface area contributed by atoms with Gasteiger partial charge in [0.15, 0.2) is 0 Å². The van der Waals surface area contributed by atoms with Gasteiger partial charge in [0, 0.05) is 18.8 Å². The second kappa shape index (κ2) is 5.40. The summed E-state index contributed by atoms with van der Waals surface area (Å²) >= 11 is 5.40. The summed E-state index contributed by atoms with van der Waals surface area (Å²) in [7, 11) is 1.93. The van der Waals surface area contributed by atoms with Crippen molar-refractivity contribution in [3.8, 4) is 0 Å². The smallest absolute Gasteiger partial charge is 0.236 e. The van der Waals surface area contributed by atoms with Crippen molar-refractivity contribution in [3.63, 3.8) is 0 Å². The minimum Gasteiger partial charge on any atom is -0.341 e. The van der Waals surface area contributed by atoms with Gasteiger partial charge in [0.05, 0.1) is 4.83 Å². The summed E-state index contributed by atoms with van der Waals surface area (Å²) in [6.07, 6.45) is 1.14. The van der Waals surface area contributed by atoms with Gasteiger partial charge in [-0.15, -0.1) is 0 Å². The van der Waals surface area contributed by atoms with Gasteiger partial charge >= 0.3 is 0 Å². The number of amides is 1. The zero-order valence-corrected chi connectivity index (χ0v) is 11.4. The van der Waals surface area contributed by atoms with Gasteiger partial charge in [-0.1, -0.05) is 29.8 Å². The van der Waals surface area contributed by atoms with Crippen molar-refractivity contribution in [2.45, 2.75) is 31.1 Å². The van der Waals surface area contributed by atoms with E-state index in [-0.39, 0.29) is 10.7 Å². The molecule has 14 heavy (non-hydrogen) atoms. The molecule has 0 radical (unpaired) electrons. The van der Waals surface area contributed by atoms with E-state index in [9.17, 15) is 4.79 Å². The first-order valence-corrected chi connectivity index (χ1v) is 7.09. The Morgan fingerprint density at radius 1 is 1.57 bits per heavy atom. The average molecular weight is 280 g/mol. The van der Waals surface area contributed by atoms with Gasteiger partial charge < -0.3 is 4.90 Å². The minimum atomic E-state index is -0.0295. The third-order valence-corrected chi connectivity index (χ3v) is 5.22. The van der Waals surface area contributed by atoms with Crippen LogP contribution >= 0.6 is 27.7 Å². The zero-order valence-electron chi connectivity index (χ0n) is 9.00. The molecule has 2 nitrogen and oxygen atoms in total. The van der Waals surface area contributed by atoms with Gasteiger partial charge in [-0.25, -0.2) is 0 Å². The highest BCUT2D eigenvalue weighted by atomic mass is 79.9. The lowest BCUT2D eigenvalue weighted by molar-refractivity contribution is -0.131. The molecule has 82 valence electrons. The molecule has 0 bridgehead atoms. The number of hydrogen-bond donors (Lipinski definition) is 0. The number of alkyl halides is 1. The lowest BCUT2D eigenvalue weighted by Crippen LogP contribution is -2.42. The van der Waals surface area contributed by atoms with Crippen molar-refractivity contribution in [1.29, 1.82) is 0 Å². The van der Waals surface area contributed by atoms with Crippen molar-refractivity contribution in [2.75, 3.05) is 18.6 Å². The summed E-state index contributed by atoms with van der Waals surface area (Å²) in [6, 6.07) is 0.450. The van der Waals surface area contributed by atoms with E-state index >= 15 is 0 Å². The fraction of sp³-hybridized carbons (Fsp3) is 0.900. The molecule has 1 aliphatic rings. The molecule has 1 rings (SSSR count). The Labute approximate surface area is 98.9 Å². The van der Waals surface area contributed by atoms with Crippen molar-refractivity contribution in [2.24, 2.45) is 5.92 Å². The molecular weight excluding hydrogens is 262 g/mol. The third kappa shape index (κ3) is 2.89. The minimum absolute atomic E-state index is 0.0295. The van der Waals surface area contributed by atoms with Crippen molar-refractivity contribution in [1.82, 2.24) is 4.90 Å². The fourth-order valence-electron chi connectivity index (χ4n) is 1.49. The Morgan fingerprint density at radius 3 is 2.64 bits per heavy atom. The summed E-state index contributed by atoms with van der Waals surface area (Å²) in [5.41, 5.74) is 0. The molecule has 1 heterocycles. The highest BCUT2D eigenvalue weighted by Crippen LogP contribution is 2.24. The SMILES string of the molecule is CC(C)C(Br)C(=O)N(C)C1CCSC1. The summed E-state index contributed by atoms with van der Waals surface area (Å²) in [5, 5.41) is 0. The average Bonchev–Trinajstić information content (AvgIpc) is 2.67. The van der Waals surface area contributed by atoms with Crippen LogP contribution in [-0.2, 0) is 4.79 Å². The molecule has 0 aromatic carbocycles. The molecule has 2 unspecified atom stereocenters. The lowest BCUT2D eigenvalue weighted by atomic mass is 10.1. The largest absolute Gasteiger partial charge is 0.341 e. The third-order valence-electron chi connectivity index (χ3n) is 2.62. The molecule has 2 atom stereocenters. The molecule has 0 aromatic rings. The van der Waals surface area contributed by atoms with Gasteiger partial charge in [0.25, 0.3) is 0 Å². The Bertz CT molecular complexity index is 204. The van der Waals surface area contributed by atoms with E-state index in [1.165, 1.54) is 5.75 Å². The molecule has 1 amide bonds. The molecule has 0 N–H and O–H groups in total. The van der Waals surface area contributed by atoms with E-state index in [2.05, 4.69) is 29.8 Å². The normalized spacial score (nSPS) is 23.9. The first-order chi connectivity index (χ1) is 6.54. The van der Waals surface area contributed by atoms with E-state index in [4.69, 9.17) is 0 Å². The van der Waals surface area contributed by atoms with Crippen LogP contribution in [0.25, 0.3) is 0 Å². The number of carbonyl (C=O) groups is 1. The van der Waals surface area contributed by atoms with Crippen LogP contribution in [-0.4, -0.2) is 40.2 Å². The van der Waals surface area contributed by atoms with Crippen LogP contribution in [0.1, 0.15) is 20.3 Å². The van der Waals surface area contributed by atoms with Gasteiger partial charge in [-0.3, -0.25) is 4.79 Å². The maximum absolute atomic E-state index is 11.9. The van der Waals surface area contributed by atoms with Crippen molar-refractivity contribution < 1.29 is 4.79 Å². The van der Waals surface area contributed by atoms with Crippen molar-refractivity contribution >= 4 is 33.6 Å². The standard InChI is InChI=1S/C10H18BrNOS/c1-7(2)9(11)10(13)12(3)8-4-5-14-6-8/h7-9H,4-6H2,1-3H3. The fourth-order valence-corrected chi connectivity index (χ4v) is 3.08. The summed E-state index contributed by atoms with van der Waals surface area (Å²) < 4.78 is 0. The van der Waals surface area contributed by atoms with Gasteiger partial charge in [-0.2, -0.15) is 11.8 Å². The van der Waals surface area contributed by atoms with E-state index in [1.807, 2.05) is 23.7 Å². The number of thioether (sulfide) groups is 1. The van der Waals surface area contributed by atoms with Gasteiger partial charge in [0.2, 0.25) is 5.91 Å². The van der Waals surface area contributed by atoms with Crippen LogP contribution in [0.3, 0.4) is 0 Å². The molecule has 0 aliphatic carbocycles. The topological polar surface area (TPSA) is 20.3 Å². The Morgan fingerprint density at radius 2 is 2.21 bits per heavy atom. The maximum Gasteiger partial charge on any atom is 0.236 e. The van der Waals surface area contributed by atoms with Crippen LogP contribution < -0.4 is 0 Å². The number of halogens is 1. The van der Waals surface area contributed by atoms with E-state index in [0.717, 1.165) is 12.2 Å². The second-order valence-electron chi connectivity index (χ2n) is 4.11. The zero-order chi connectivity index (χ0) is 10.7. The monoisotopic (exact) mass is 279 g/mol. The Kier molecular flexibility index (Phi) is 4.77. The van der Waals surface area contributed by atoms with Crippen molar-refractivity contribution in [3.05, 3.63) is 0 Å². The van der Waals surface area contributed by atoms with Gasteiger partial charge in [-0.05, 0) is 18.1 Å². The van der Waals surface area contributed by atoms with Crippen LogP contribution in [0.4, 0.5) is 0 Å². The Hall–Kier alpha value is 0.300. The second-order valence-corrected chi connectivity index (χ2v) is 6.25. The Balaban J connectivity index is 2.50.